The number of piperidine rings is 1. The SMILES string of the molecule is Cc1cccc([N+](=O)[O-])c1C(=O)N1CCC(O)CC1. The smallest absolute Gasteiger partial charge is 0.282 e. The molecule has 0 unspecified atom stereocenters. The van der Waals surface area contributed by atoms with Crippen molar-refractivity contribution in [3.8, 4) is 0 Å². The van der Waals surface area contributed by atoms with E-state index in [2.05, 4.69) is 0 Å². The van der Waals surface area contributed by atoms with Gasteiger partial charge in [-0.2, -0.15) is 0 Å². The van der Waals surface area contributed by atoms with Gasteiger partial charge in [-0.25, -0.2) is 0 Å². The van der Waals surface area contributed by atoms with Crippen LogP contribution >= 0.6 is 0 Å². The van der Waals surface area contributed by atoms with Crippen LogP contribution in [0.3, 0.4) is 0 Å². The van der Waals surface area contributed by atoms with Gasteiger partial charge in [0.05, 0.1) is 11.0 Å². The maximum Gasteiger partial charge on any atom is 0.282 e. The van der Waals surface area contributed by atoms with E-state index >= 15 is 0 Å². The Kier molecular flexibility index (Phi) is 3.80. The molecule has 1 aromatic rings. The summed E-state index contributed by atoms with van der Waals surface area (Å²) in [6, 6.07) is 4.61. The highest BCUT2D eigenvalue weighted by molar-refractivity contribution is 5.99. The number of aliphatic hydroxyl groups excluding tert-OH is 1. The van der Waals surface area contributed by atoms with Gasteiger partial charge in [0.1, 0.15) is 5.56 Å². The molecule has 0 saturated carbocycles. The van der Waals surface area contributed by atoms with E-state index in [4.69, 9.17) is 0 Å². The van der Waals surface area contributed by atoms with Crippen LogP contribution in [0.1, 0.15) is 28.8 Å². The number of hydrogen-bond acceptors (Lipinski definition) is 4. The van der Waals surface area contributed by atoms with Gasteiger partial charge >= 0.3 is 0 Å². The molecule has 0 bridgehead atoms. The number of aliphatic hydroxyl groups is 1. The molecule has 1 aliphatic rings. The van der Waals surface area contributed by atoms with E-state index in [1.165, 1.54) is 6.07 Å². The van der Waals surface area contributed by atoms with Gasteiger partial charge in [0, 0.05) is 19.2 Å². The Balaban J connectivity index is 2.31. The summed E-state index contributed by atoms with van der Waals surface area (Å²) in [6.07, 6.45) is 0.660. The lowest BCUT2D eigenvalue weighted by molar-refractivity contribution is -0.385. The molecule has 1 heterocycles. The highest BCUT2D eigenvalue weighted by Gasteiger charge is 2.28. The number of amides is 1. The zero-order valence-corrected chi connectivity index (χ0v) is 10.7. The summed E-state index contributed by atoms with van der Waals surface area (Å²) in [7, 11) is 0. The van der Waals surface area contributed by atoms with Crippen molar-refractivity contribution in [2.75, 3.05) is 13.1 Å². The zero-order valence-electron chi connectivity index (χ0n) is 10.7. The van der Waals surface area contributed by atoms with E-state index < -0.39 is 4.92 Å². The van der Waals surface area contributed by atoms with Crippen LogP contribution < -0.4 is 0 Å². The second-order valence-electron chi connectivity index (χ2n) is 4.75. The van der Waals surface area contributed by atoms with E-state index in [1.54, 1.807) is 24.0 Å². The fraction of sp³-hybridized carbons (Fsp3) is 0.462. The van der Waals surface area contributed by atoms with Crippen LogP contribution in [0.25, 0.3) is 0 Å². The molecule has 6 heteroatoms. The molecule has 0 aliphatic carbocycles. The Hall–Kier alpha value is -1.95. The van der Waals surface area contributed by atoms with Gasteiger partial charge in [-0.1, -0.05) is 12.1 Å². The number of nitro benzene ring substituents is 1. The third-order valence-electron chi connectivity index (χ3n) is 3.41. The predicted octanol–water partition coefficient (Wildman–Crippen LogP) is 1.50. The van der Waals surface area contributed by atoms with Crippen LogP contribution in [0.15, 0.2) is 18.2 Å². The van der Waals surface area contributed by atoms with Crippen molar-refractivity contribution < 1.29 is 14.8 Å². The van der Waals surface area contributed by atoms with Crippen molar-refractivity contribution in [2.45, 2.75) is 25.9 Å². The summed E-state index contributed by atoms with van der Waals surface area (Å²) in [5, 5.41) is 20.4. The van der Waals surface area contributed by atoms with Crippen LogP contribution in [-0.4, -0.2) is 40.0 Å². The lowest BCUT2D eigenvalue weighted by Gasteiger charge is -2.29. The van der Waals surface area contributed by atoms with Crippen molar-refractivity contribution in [3.63, 3.8) is 0 Å². The molecule has 102 valence electrons. The highest BCUT2D eigenvalue weighted by atomic mass is 16.6. The van der Waals surface area contributed by atoms with Crippen LogP contribution in [0, 0.1) is 17.0 Å². The fourth-order valence-corrected chi connectivity index (χ4v) is 2.31. The predicted molar refractivity (Wildman–Crippen MR) is 69.0 cm³/mol. The number of benzene rings is 1. The van der Waals surface area contributed by atoms with Gasteiger partial charge in [-0.15, -0.1) is 0 Å². The Morgan fingerprint density at radius 3 is 2.63 bits per heavy atom. The van der Waals surface area contributed by atoms with Gasteiger partial charge in [0.2, 0.25) is 0 Å². The number of likely N-dealkylation sites (tertiary alicyclic amines) is 1. The third-order valence-corrected chi connectivity index (χ3v) is 3.41. The number of aryl methyl sites for hydroxylation is 1. The quantitative estimate of drug-likeness (QED) is 0.648. The van der Waals surface area contributed by atoms with E-state index in [1.807, 2.05) is 0 Å². The van der Waals surface area contributed by atoms with Gasteiger partial charge in [-0.3, -0.25) is 14.9 Å². The number of hydrogen-bond donors (Lipinski definition) is 1. The molecular weight excluding hydrogens is 248 g/mol. The average molecular weight is 264 g/mol. The Morgan fingerprint density at radius 1 is 1.42 bits per heavy atom. The Labute approximate surface area is 110 Å². The lowest BCUT2D eigenvalue weighted by Crippen LogP contribution is -2.40. The molecule has 1 amide bonds. The first kappa shape index (κ1) is 13.5. The Morgan fingerprint density at radius 2 is 2.05 bits per heavy atom. The average Bonchev–Trinajstić information content (AvgIpc) is 2.38. The van der Waals surface area contributed by atoms with Crippen molar-refractivity contribution >= 4 is 11.6 Å². The van der Waals surface area contributed by atoms with E-state index in [0.29, 0.717) is 31.5 Å². The molecule has 1 aliphatic heterocycles. The zero-order chi connectivity index (χ0) is 14.0. The summed E-state index contributed by atoms with van der Waals surface area (Å²) >= 11 is 0. The van der Waals surface area contributed by atoms with Gasteiger partial charge in [-0.05, 0) is 25.3 Å². The fourth-order valence-electron chi connectivity index (χ4n) is 2.31. The van der Waals surface area contributed by atoms with E-state index in [9.17, 15) is 20.0 Å². The number of nitrogens with zero attached hydrogens (tertiary/aromatic N) is 2. The van der Waals surface area contributed by atoms with Crippen LogP contribution in [0.5, 0.6) is 0 Å². The van der Waals surface area contributed by atoms with Crippen LogP contribution in [0.4, 0.5) is 5.69 Å². The molecule has 1 aromatic carbocycles. The topological polar surface area (TPSA) is 83.7 Å². The Bertz CT molecular complexity index is 507. The molecule has 1 saturated heterocycles. The molecule has 6 nitrogen and oxygen atoms in total. The normalized spacial score (nSPS) is 16.4. The van der Waals surface area contributed by atoms with Crippen molar-refractivity contribution in [1.82, 2.24) is 4.90 Å². The summed E-state index contributed by atoms with van der Waals surface area (Å²) in [5.74, 6) is -0.322. The van der Waals surface area contributed by atoms with Crippen molar-refractivity contribution in [1.29, 1.82) is 0 Å². The number of carbonyl (C=O) groups excluding carboxylic acids is 1. The molecule has 1 fully saturated rings. The van der Waals surface area contributed by atoms with Gasteiger partial charge in [0.25, 0.3) is 11.6 Å². The number of nitro groups is 1. The summed E-state index contributed by atoms with van der Waals surface area (Å²) < 4.78 is 0. The number of rotatable bonds is 2. The largest absolute Gasteiger partial charge is 0.393 e. The van der Waals surface area contributed by atoms with Crippen LogP contribution in [0.2, 0.25) is 0 Å². The van der Waals surface area contributed by atoms with E-state index in [-0.39, 0.29) is 23.3 Å². The molecule has 19 heavy (non-hydrogen) atoms. The molecule has 0 radical (unpaired) electrons. The third kappa shape index (κ3) is 2.73. The molecule has 1 N–H and O–H groups in total. The van der Waals surface area contributed by atoms with Gasteiger partial charge in [0.15, 0.2) is 0 Å². The standard InChI is InChI=1S/C13H16N2O4/c1-9-3-2-4-11(15(18)19)12(9)13(17)14-7-5-10(16)6-8-14/h2-4,10,16H,5-8H2,1H3. The first-order chi connectivity index (χ1) is 9.00. The van der Waals surface area contributed by atoms with E-state index in [0.717, 1.165) is 0 Å². The van der Waals surface area contributed by atoms with Gasteiger partial charge < -0.3 is 10.0 Å². The summed E-state index contributed by atoms with van der Waals surface area (Å²) in [5.41, 5.74) is 0.602. The second kappa shape index (κ2) is 5.36. The molecule has 0 spiro atoms. The highest BCUT2D eigenvalue weighted by Crippen LogP contribution is 2.25. The monoisotopic (exact) mass is 264 g/mol. The van der Waals surface area contributed by atoms with Crippen LogP contribution in [-0.2, 0) is 0 Å². The maximum atomic E-state index is 12.4. The first-order valence-corrected chi connectivity index (χ1v) is 6.22. The minimum Gasteiger partial charge on any atom is -0.393 e. The lowest BCUT2D eigenvalue weighted by atomic mass is 10.0. The minimum atomic E-state index is -0.529. The molecular formula is C13H16N2O4. The number of carbonyl (C=O) groups is 1. The minimum absolute atomic E-state index is 0.156. The van der Waals surface area contributed by atoms with Crippen molar-refractivity contribution in [3.05, 3.63) is 39.4 Å². The first-order valence-electron chi connectivity index (χ1n) is 6.22. The molecule has 0 atom stereocenters. The maximum absolute atomic E-state index is 12.4. The molecule has 2 rings (SSSR count). The second-order valence-corrected chi connectivity index (χ2v) is 4.75. The van der Waals surface area contributed by atoms with Crippen molar-refractivity contribution in [2.24, 2.45) is 0 Å². The molecule has 0 aromatic heterocycles. The summed E-state index contributed by atoms with van der Waals surface area (Å²) in [6.45, 7) is 2.57. The summed E-state index contributed by atoms with van der Waals surface area (Å²) in [4.78, 5) is 24.4.